The number of hydrogen-bond acceptors (Lipinski definition) is 3. The van der Waals surface area contributed by atoms with E-state index < -0.39 is 6.10 Å². The van der Waals surface area contributed by atoms with Crippen LogP contribution in [0.4, 0.5) is 5.69 Å². The second-order valence-electron chi connectivity index (χ2n) is 6.70. The fourth-order valence-corrected chi connectivity index (χ4v) is 2.95. The first kappa shape index (κ1) is 18.7. The van der Waals surface area contributed by atoms with Crippen molar-refractivity contribution in [3.8, 4) is 0 Å². The number of para-hydroxylation sites is 1. The predicted octanol–water partition coefficient (Wildman–Crippen LogP) is 4.37. The van der Waals surface area contributed by atoms with Crippen molar-refractivity contribution in [3.05, 3.63) is 65.9 Å². The summed E-state index contributed by atoms with van der Waals surface area (Å²) >= 11 is 0. The largest absolute Gasteiger partial charge is 0.453 e. The molecular formula is C22H24N2O3. The zero-order chi connectivity index (χ0) is 19.2. The quantitative estimate of drug-likeness (QED) is 0.612. The molecule has 0 aliphatic carbocycles. The summed E-state index contributed by atoms with van der Waals surface area (Å²) in [5.41, 5.74) is 4.08. The summed E-state index contributed by atoms with van der Waals surface area (Å²) in [4.78, 5) is 27.4. The number of benzene rings is 2. The zero-order valence-corrected chi connectivity index (χ0v) is 15.6. The van der Waals surface area contributed by atoms with Gasteiger partial charge in [-0.2, -0.15) is 0 Å². The Morgan fingerprint density at radius 1 is 1.11 bits per heavy atom. The van der Waals surface area contributed by atoms with Crippen molar-refractivity contribution in [2.24, 2.45) is 0 Å². The van der Waals surface area contributed by atoms with E-state index in [-0.39, 0.29) is 18.3 Å². The Bertz CT molecular complexity index is 928. The van der Waals surface area contributed by atoms with Gasteiger partial charge in [-0.3, -0.25) is 9.59 Å². The number of carbonyl (C=O) groups is 2. The summed E-state index contributed by atoms with van der Waals surface area (Å²) in [5, 5.41) is 3.93. The highest BCUT2D eigenvalue weighted by molar-refractivity contribution is 5.95. The fourth-order valence-electron chi connectivity index (χ4n) is 2.95. The normalized spacial score (nSPS) is 11.9. The number of ether oxygens (including phenoxy) is 1. The summed E-state index contributed by atoms with van der Waals surface area (Å²) < 4.78 is 5.26. The van der Waals surface area contributed by atoms with Crippen molar-refractivity contribution in [3.63, 3.8) is 0 Å². The maximum Gasteiger partial charge on any atom is 0.306 e. The van der Waals surface area contributed by atoms with E-state index in [1.807, 2.05) is 55.6 Å². The van der Waals surface area contributed by atoms with Crippen LogP contribution in [-0.2, 0) is 20.7 Å². The second-order valence-corrected chi connectivity index (χ2v) is 6.70. The first-order valence-electron chi connectivity index (χ1n) is 9.15. The molecular weight excluding hydrogens is 340 g/mol. The molecule has 1 amide bonds. The molecule has 2 aromatic carbocycles. The molecule has 0 aliphatic heterocycles. The van der Waals surface area contributed by atoms with E-state index in [1.165, 1.54) is 10.9 Å². The summed E-state index contributed by atoms with van der Waals surface area (Å²) in [6, 6.07) is 15.6. The molecule has 0 saturated carbocycles. The van der Waals surface area contributed by atoms with E-state index in [9.17, 15) is 9.59 Å². The molecule has 5 nitrogen and oxygen atoms in total. The topological polar surface area (TPSA) is 71.2 Å². The number of anilines is 1. The Labute approximate surface area is 158 Å². The van der Waals surface area contributed by atoms with Gasteiger partial charge in [0.15, 0.2) is 6.10 Å². The Balaban J connectivity index is 1.44. The van der Waals surface area contributed by atoms with Crippen LogP contribution in [0.5, 0.6) is 0 Å². The van der Waals surface area contributed by atoms with Gasteiger partial charge in [0.25, 0.3) is 5.91 Å². The summed E-state index contributed by atoms with van der Waals surface area (Å²) in [6.45, 7) is 3.56. The third kappa shape index (κ3) is 4.97. The van der Waals surface area contributed by atoms with Crippen molar-refractivity contribution < 1.29 is 14.3 Å². The Kier molecular flexibility index (Phi) is 5.91. The van der Waals surface area contributed by atoms with E-state index >= 15 is 0 Å². The van der Waals surface area contributed by atoms with E-state index in [4.69, 9.17) is 4.74 Å². The smallest absolute Gasteiger partial charge is 0.306 e. The van der Waals surface area contributed by atoms with Crippen molar-refractivity contribution in [2.75, 3.05) is 5.32 Å². The molecule has 1 atom stereocenters. The third-order valence-electron chi connectivity index (χ3n) is 4.50. The Morgan fingerprint density at radius 2 is 1.85 bits per heavy atom. The highest BCUT2D eigenvalue weighted by Crippen LogP contribution is 2.19. The van der Waals surface area contributed by atoms with Gasteiger partial charge in [0.2, 0.25) is 0 Å². The number of H-pyrrole nitrogens is 1. The van der Waals surface area contributed by atoms with Crippen molar-refractivity contribution >= 4 is 28.5 Å². The zero-order valence-electron chi connectivity index (χ0n) is 15.6. The van der Waals surface area contributed by atoms with Crippen molar-refractivity contribution in [1.29, 1.82) is 0 Å². The molecule has 3 aromatic rings. The van der Waals surface area contributed by atoms with Gasteiger partial charge in [-0.05, 0) is 50.5 Å². The number of nitrogens with one attached hydrogen (secondary N) is 2. The minimum Gasteiger partial charge on any atom is -0.453 e. The third-order valence-corrected chi connectivity index (χ3v) is 4.50. The number of carbonyl (C=O) groups excluding carboxylic acids is 2. The predicted molar refractivity (Wildman–Crippen MR) is 107 cm³/mol. The molecule has 5 heteroatoms. The van der Waals surface area contributed by atoms with Crippen LogP contribution in [0.25, 0.3) is 10.9 Å². The van der Waals surface area contributed by atoms with E-state index in [0.29, 0.717) is 12.1 Å². The molecule has 1 aromatic heterocycles. The molecule has 1 heterocycles. The van der Waals surface area contributed by atoms with Gasteiger partial charge < -0.3 is 15.0 Å². The summed E-state index contributed by atoms with van der Waals surface area (Å²) in [7, 11) is 0. The molecule has 2 N–H and O–H groups in total. The molecule has 0 aliphatic rings. The van der Waals surface area contributed by atoms with Crippen LogP contribution in [0, 0.1) is 6.92 Å². The maximum atomic E-state index is 12.1. The molecule has 0 bridgehead atoms. The molecule has 0 unspecified atom stereocenters. The first-order valence-corrected chi connectivity index (χ1v) is 9.15. The highest BCUT2D eigenvalue weighted by atomic mass is 16.5. The number of aromatic amines is 1. The van der Waals surface area contributed by atoms with Crippen molar-refractivity contribution in [1.82, 2.24) is 4.98 Å². The average Bonchev–Trinajstić information content (AvgIpc) is 3.07. The van der Waals surface area contributed by atoms with Gasteiger partial charge in [0.05, 0.1) is 0 Å². The number of amides is 1. The van der Waals surface area contributed by atoms with Gasteiger partial charge in [0.1, 0.15) is 0 Å². The molecule has 0 fully saturated rings. The van der Waals surface area contributed by atoms with E-state index in [0.717, 1.165) is 17.5 Å². The second kappa shape index (κ2) is 8.54. The van der Waals surface area contributed by atoms with Crippen LogP contribution in [0.15, 0.2) is 54.7 Å². The lowest BCUT2D eigenvalue weighted by Crippen LogP contribution is -2.29. The standard InChI is InChI=1S/C22H24N2O3/c1-15-10-12-18(13-11-15)24-22(26)16(2)27-21(25)9-5-6-17-14-23-20-8-4-3-7-19(17)20/h3-4,7-8,10-14,16,23H,5-6,9H2,1-2H3,(H,24,26)/t16-/m0/s1. The molecule has 0 spiro atoms. The van der Waals surface area contributed by atoms with E-state index in [1.54, 1.807) is 6.92 Å². The number of aromatic nitrogens is 1. The van der Waals surface area contributed by atoms with Crippen molar-refractivity contribution in [2.45, 2.75) is 39.2 Å². The average molecular weight is 364 g/mol. The molecule has 0 radical (unpaired) electrons. The number of hydrogen-bond donors (Lipinski definition) is 2. The molecule has 27 heavy (non-hydrogen) atoms. The SMILES string of the molecule is Cc1ccc(NC(=O)[C@H](C)OC(=O)CCCc2c[nH]c3ccccc23)cc1. The Hall–Kier alpha value is -3.08. The summed E-state index contributed by atoms with van der Waals surface area (Å²) in [5.74, 6) is -0.690. The van der Waals surface area contributed by atoms with Gasteiger partial charge >= 0.3 is 5.97 Å². The van der Waals surface area contributed by atoms with Gasteiger partial charge in [0, 0.05) is 29.2 Å². The van der Waals surface area contributed by atoms with Crippen LogP contribution in [0.3, 0.4) is 0 Å². The lowest BCUT2D eigenvalue weighted by molar-refractivity contribution is -0.153. The molecule has 140 valence electrons. The number of aryl methyl sites for hydroxylation is 2. The minimum atomic E-state index is -0.827. The maximum absolute atomic E-state index is 12.1. The first-order chi connectivity index (χ1) is 13.0. The lowest BCUT2D eigenvalue weighted by Gasteiger charge is -2.13. The van der Waals surface area contributed by atoms with Crippen LogP contribution in [0.2, 0.25) is 0 Å². The summed E-state index contributed by atoms with van der Waals surface area (Å²) in [6.07, 6.45) is 2.89. The van der Waals surface area contributed by atoms with Crippen LogP contribution >= 0.6 is 0 Å². The highest BCUT2D eigenvalue weighted by Gasteiger charge is 2.17. The monoisotopic (exact) mass is 364 g/mol. The lowest BCUT2D eigenvalue weighted by atomic mass is 10.1. The van der Waals surface area contributed by atoms with Gasteiger partial charge in [-0.15, -0.1) is 0 Å². The number of esters is 1. The molecule has 0 saturated heterocycles. The van der Waals surface area contributed by atoms with E-state index in [2.05, 4.69) is 16.4 Å². The molecule has 3 rings (SSSR count). The minimum absolute atomic E-state index is 0.279. The van der Waals surface area contributed by atoms with Gasteiger partial charge in [-0.25, -0.2) is 0 Å². The van der Waals surface area contributed by atoms with Crippen LogP contribution < -0.4 is 5.32 Å². The van der Waals surface area contributed by atoms with Gasteiger partial charge in [-0.1, -0.05) is 35.9 Å². The number of rotatable bonds is 7. The van der Waals surface area contributed by atoms with Crippen LogP contribution in [0.1, 0.15) is 30.9 Å². The number of fused-ring (bicyclic) bond motifs is 1. The Morgan fingerprint density at radius 3 is 2.63 bits per heavy atom. The fraction of sp³-hybridized carbons (Fsp3) is 0.273. The van der Waals surface area contributed by atoms with Crippen LogP contribution in [-0.4, -0.2) is 23.0 Å².